The van der Waals surface area contributed by atoms with E-state index in [1.165, 1.54) is 12.3 Å². The van der Waals surface area contributed by atoms with Crippen molar-refractivity contribution >= 4 is 28.4 Å². The molecule has 5 rings (SSSR count). The fraction of sp³-hybridized carbons (Fsp3) is 0.217. The van der Waals surface area contributed by atoms with Gasteiger partial charge in [0.2, 0.25) is 5.91 Å². The summed E-state index contributed by atoms with van der Waals surface area (Å²) in [5.41, 5.74) is 7.82. The van der Waals surface area contributed by atoms with E-state index in [2.05, 4.69) is 30.6 Å². The van der Waals surface area contributed by atoms with E-state index in [-0.39, 0.29) is 23.8 Å². The fourth-order valence-corrected chi connectivity index (χ4v) is 3.09. The van der Waals surface area contributed by atoms with Crippen LogP contribution < -0.4 is 10.6 Å². The molecule has 35 heavy (non-hydrogen) atoms. The molecule has 1 amide bonds. The lowest BCUT2D eigenvalue weighted by atomic mass is 10.1. The zero-order valence-corrected chi connectivity index (χ0v) is 18.2. The van der Waals surface area contributed by atoms with Gasteiger partial charge in [-0.1, -0.05) is 12.8 Å². The largest absolute Gasteiger partial charge is 0.664 e. The highest BCUT2D eigenvalue weighted by Gasteiger charge is 2.37. The number of imidazole rings is 1. The molecule has 0 bridgehead atoms. The van der Waals surface area contributed by atoms with E-state index in [9.17, 15) is 22.4 Å². The fourth-order valence-electron chi connectivity index (χ4n) is 3.09. The van der Waals surface area contributed by atoms with Gasteiger partial charge in [0, 0.05) is 6.20 Å². The lowest BCUT2D eigenvalue weighted by Gasteiger charge is -2.17. The average molecular weight is 486 g/mol. The molecule has 1 aliphatic carbocycles. The maximum Gasteiger partial charge on any atom is 0.418 e. The number of alkyl halides is 3. The van der Waals surface area contributed by atoms with Crippen LogP contribution in [0.5, 0.6) is 0 Å². The number of carbonyl (C=O) groups excluding carboxylic acids is 1. The summed E-state index contributed by atoms with van der Waals surface area (Å²) in [6, 6.07) is 9.23. The topological polar surface area (TPSA) is 119 Å². The van der Waals surface area contributed by atoms with Crippen LogP contribution in [0.25, 0.3) is 16.9 Å². The number of nitrogens with zero attached hydrogens (tertiary/aromatic N) is 3. The maximum absolute atomic E-state index is 13.1. The van der Waals surface area contributed by atoms with Gasteiger partial charge in [-0.15, -0.1) is 0 Å². The molecular formula is C23H20F4N7O-. The van der Waals surface area contributed by atoms with Crippen LogP contribution in [-0.2, 0) is 17.5 Å². The number of H-pyrrole nitrogens is 1. The third kappa shape index (κ3) is 6.09. The first-order valence-electron chi connectivity index (χ1n) is 10.5. The van der Waals surface area contributed by atoms with Crippen LogP contribution in [-0.4, -0.2) is 31.4 Å². The highest BCUT2D eigenvalue weighted by Crippen LogP contribution is 2.39. The summed E-state index contributed by atoms with van der Waals surface area (Å²) in [6.07, 6.45) is 1.05. The van der Waals surface area contributed by atoms with Gasteiger partial charge in [0.05, 0.1) is 47.2 Å². The predicted molar refractivity (Wildman–Crippen MR) is 121 cm³/mol. The number of amides is 1. The number of hydrogen-bond donors (Lipinski definition) is 3. The molecule has 3 aromatic heterocycles. The Morgan fingerprint density at radius 1 is 1.11 bits per heavy atom. The number of rotatable bonds is 5. The molecule has 1 aromatic carbocycles. The van der Waals surface area contributed by atoms with Crippen molar-refractivity contribution in [1.82, 2.24) is 25.3 Å². The van der Waals surface area contributed by atoms with Crippen LogP contribution in [0.2, 0.25) is 0 Å². The Balaban J connectivity index is 0.000000266. The van der Waals surface area contributed by atoms with Crippen LogP contribution in [0.1, 0.15) is 24.1 Å². The van der Waals surface area contributed by atoms with Crippen molar-refractivity contribution in [2.45, 2.75) is 31.1 Å². The molecule has 0 atom stereocenters. The summed E-state index contributed by atoms with van der Waals surface area (Å²) in [5.74, 6) is -1.34. The molecule has 0 radical (unpaired) electrons. The van der Waals surface area contributed by atoms with Gasteiger partial charge in [-0.05, 0) is 48.0 Å². The monoisotopic (exact) mass is 486 g/mol. The predicted octanol–water partition coefficient (Wildman–Crippen LogP) is 5.14. The van der Waals surface area contributed by atoms with Crippen molar-refractivity contribution in [3.8, 4) is 0 Å². The third-order valence-corrected chi connectivity index (χ3v) is 5.20. The molecule has 3 heterocycles. The van der Waals surface area contributed by atoms with E-state index in [0.29, 0.717) is 24.6 Å². The smallest absolute Gasteiger partial charge is 0.418 e. The molecule has 0 saturated heterocycles. The minimum Gasteiger partial charge on any atom is -0.664 e. The first-order chi connectivity index (χ1) is 16.6. The van der Waals surface area contributed by atoms with E-state index in [1.54, 1.807) is 18.6 Å². The molecule has 12 heteroatoms. The quantitative estimate of drug-likeness (QED) is 0.338. The second kappa shape index (κ2) is 9.66. The highest BCUT2D eigenvalue weighted by molar-refractivity contribution is 5.90. The van der Waals surface area contributed by atoms with E-state index in [1.807, 2.05) is 12.1 Å². The number of halogens is 4. The molecule has 4 aromatic rings. The van der Waals surface area contributed by atoms with Crippen molar-refractivity contribution < 1.29 is 22.4 Å². The normalized spacial score (nSPS) is 14.1. The minimum atomic E-state index is -4.70. The summed E-state index contributed by atoms with van der Waals surface area (Å²) in [5, 5.41) is 5.17. The zero-order valence-electron chi connectivity index (χ0n) is 18.2. The highest BCUT2D eigenvalue weighted by atomic mass is 19.4. The van der Waals surface area contributed by atoms with Crippen molar-refractivity contribution in [1.29, 1.82) is 0 Å². The lowest BCUT2D eigenvalue weighted by Crippen LogP contribution is -2.33. The molecule has 182 valence electrons. The summed E-state index contributed by atoms with van der Waals surface area (Å²) in [7, 11) is 0. The first kappa shape index (κ1) is 24.1. The number of aromatic nitrogens is 4. The number of nitrogens with one attached hydrogen (secondary N) is 4. The van der Waals surface area contributed by atoms with Gasteiger partial charge >= 0.3 is 6.18 Å². The van der Waals surface area contributed by atoms with Crippen LogP contribution in [0.15, 0.2) is 61.2 Å². The number of carbonyl (C=O) groups is 1. The van der Waals surface area contributed by atoms with Crippen LogP contribution in [0.4, 0.5) is 28.9 Å². The summed E-state index contributed by atoms with van der Waals surface area (Å²) in [6.45, 7) is 0.129. The van der Waals surface area contributed by atoms with Crippen LogP contribution >= 0.6 is 0 Å². The molecule has 1 aliphatic rings. The Morgan fingerprint density at radius 2 is 1.91 bits per heavy atom. The van der Waals surface area contributed by atoms with Crippen LogP contribution in [0, 0.1) is 5.82 Å². The molecular weight excluding hydrogens is 466 g/mol. The Labute approximate surface area is 197 Å². The molecule has 1 fully saturated rings. The Hall–Kier alpha value is -4.06. The van der Waals surface area contributed by atoms with Gasteiger partial charge in [0.15, 0.2) is 5.65 Å². The number of aromatic amines is 1. The molecule has 1 saturated carbocycles. The summed E-state index contributed by atoms with van der Waals surface area (Å²) < 4.78 is 52.1. The number of hydrogen-bond acceptors (Lipinski definition) is 5. The van der Waals surface area contributed by atoms with Crippen molar-refractivity contribution in [2.24, 2.45) is 0 Å². The molecule has 0 aliphatic heterocycles. The van der Waals surface area contributed by atoms with Gasteiger partial charge in [-0.25, -0.2) is 14.4 Å². The minimum absolute atomic E-state index is 0.129. The van der Waals surface area contributed by atoms with E-state index in [0.717, 1.165) is 23.3 Å². The average Bonchev–Trinajstić information content (AvgIpc) is 3.40. The lowest BCUT2D eigenvalue weighted by molar-refractivity contribution is -0.137. The van der Waals surface area contributed by atoms with Crippen molar-refractivity contribution in [2.75, 3.05) is 5.32 Å². The van der Waals surface area contributed by atoms with Crippen molar-refractivity contribution in [3.05, 3.63) is 84.0 Å². The molecule has 0 spiro atoms. The molecule has 0 unspecified atom stereocenters. The van der Waals surface area contributed by atoms with E-state index < -0.39 is 23.1 Å². The number of pyridine rings is 2. The van der Waals surface area contributed by atoms with Gasteiger partial charge < -0.3 is 21.4 Å². The van der Waals surface area contributed by atoms with Gasteiger partial charge in [-0.3, -0.25) is 9.78 Å². The van der Waals surface area contributed by atoms with Gasteiger partial charge in [-0.2, -0.15) is 13.2 Å². The molecule has 8 nitrogen and oxygen atoms in total. The second-order valence-electron chi connectivity index (χ2n) is 7.89. The maximum atomic E-state index is 13.1. The van der Waals surface area contributed by atoms with Crippen molar-refractivity contribution in [3.63, 3.8) is 0 Å². The van der Waals surface area contributed by atoms with Crippen LogP contribution in [0.3, 0.4) is 0 Å². The number of fused-ring (bicyclic) bond motifs is 1. The van der Waals surface area contributed by atoms with E-state index in [4.69, 9.17) is 5.73 Å². The number of benzene rings is 1. The summed E-state index contributed by atoms with van der Waals surface area (Å²) >= 11 is 0. The third-order valence-electron chi connectivity index (χ3n) is 5.20. The molecule has 4 N–H and O–H groups in total. The SMILES string of the molecule is [NH-]C1(C(=O)NCc2ccc(Nc3ccc(F)cc3C(F)(F)F)cn2)CC1.c1cnc2nc[nH]c2c1. The second-order valence-corrected chi connectivity index (χ2v) is 7.89. The van der Waals surface area contributed by atoms with Gasteiger partial charge in [0.25, 0.3) is 0 Å². The first-order valence-corrected chi connectivity index (χ1v) is 10.5. The van der Waals surface area contributed by atoms with E-state index >= 15 is 0 Å². The zero-order chi connectivity index (χ0) is 25.1. The Morgan fingerprint density at radius 3 is 2.57 bits per heavy atom. The Kier molecular flexibility index (Phi) is 6.65. The van der Waals surface area contributed by atoms with Gasteiger partial charge in [0.1, 0.15) is 5.82 Å². The Bertz CT molecular complexity index is 1290. The standard InChI is InChI=1S/C17H15F4N4O.C6H5N3/c18-10-1-4-14(13(7-10)17(19,20)21)25-12-3-2-11(23-9-12)8-24-15(26)16(22)5-6-16;1-2-5-6(7-3-1)9-4-8-5/h1-4,7,9,22,25H,5-6,8H2,(H,24,26);1-4H,(H,7,8,9)/q-1;. The number of anilines is 2. The summed E-state index contributed by atoms with van der Waals surface area (Å²) in [4.78, 5) is 26.7.